The number of hydrogen-bond acceptors (Lipinski definition) is 2. The Morgan fingerprint density at radius 2 is 1.27 bits per heavy atom. The van der Waals surface area contributed by atoms with Crippen molar-refractivity contribution < 1.29 is 28.4 Å². The van der Waals surface area contributed by atoms with Crippen LogP contribution in [0.5, 0.6) is 0 Å². The molecule has 3 nitrogen and oxygen atoms in total. The van der Waals surface area contributed by atoms with E-state index in [1.54, 1.807) is 0 Å². The lowest BCUT2D eigenvalue weighted by Crippen LogP contribution is -2.35. The van der Waals surface area contributed by atoms with Crippen LogP contribution in [0.15, 0.2) is 0 Å². The first-order chi connectivity index (χ1) is 6.97. The van der Waals surface area contributed by atoms with E-state index in [0.29, 0.717) is 0 Å². The molecule has 94 valence electrons. The van der Waals surface area contributed by atoms with Crippen molar-refractivity contribution in [3.63, 3.8) is 0 Å². The zero-order chi connectivity index (χ0) is 12.2. The molecule has 0 amide bonds. The lowest BCUT2D eigenvalue weighted by atomic mass is 10.1. The highest BCUT2D eigenvalue weighted by atomic mass is 79.9. The molecule has 0 unspecified atom stereocenters. The van der Waals surface area contributed by atoms with Crippen LogP contribution in [0.25, 0.3) is 0 Å². The highest BCUT2D eigenvalue weighted by Gasteiger charge is 2.04. The summed E-state index contributed by atoms with van der Waals surface area (Å²) in [4.78, 5) is 0. The predicted molar refractivity (Wildman–Crippen MR) is 56.3 cm³/mol. The van der Waals surface area contributed by atoms with E-state index in [1.807, 2.05) is 0 Å². The quantitative estimate of drug-likeness (QED) is 0.510. The molecule has 0 saturated heterocycles. The molecule has 0 aromatic heterocycles. The molecular weight excluding hydrogens is 258 g/mol. The van der Waals surface area contributed by atoms with Gasteiger partial charge in [0.2, 0.25) is 0 Å². The average molecular weight is 284 g/mol. The summed E-state index contributed by atoms with van der Waals surface area (Å²) >= 11 is -1.44. The van der Waals surface area contributed by atoms with Gasteiger partial charge in [0.15, 0.2) is 15.5 Å². The second-order valence-electron chi connectivity index (χ2n) is 4.84. The van der Waals surface area contributed by atoms with Gasteiger partial charge in [-0.25, -0.2) is 0 Å². The summed E-state index contributed by atoms with van der Waals surface area (Å²) in [5.41, 5.74) is 0. The summed E-state index contributed by atoms with van der Waals surface area (Å²) in [5.74, 6) is 0. The van der Waals surface area contributed by atoms with E-state index in [0.717, 1.165) is 4.48 Å². The Kier molecular flexibility index (Phi) is 14.7. The maximum atomic E-state index is 8.41. The lowest BCUT2D eigenvalue weighted by molar-refractivity contribution is -1.41. The van der Waals surface area contributed by atoms with Crippen LogP contribution in [0, 0.1) is 15.5 Å². The summed E-state index contributed by atoms with van der Waals surface area (Å²) in [6.45, 7) is 3.60. The Morgan fingerprint density at radius 1 is 0.867 bits per heavy atom. The molecule has 0 heterocycles. The molecule has 0 aromatic carbocycles. The van der Waals surface area contributed by atoms with Gasteiger partial charge in [-0.15, -0.1) is 0 Å². The fourth-order valence-electron chi connectivity index (χ4n) is 1.37. The summed E-state index contributed by atoms with van der Waals surface area (Å²) in [6, 6.07) is 0. The van der Waals surface area contributed by atoms with Gasteiger partial charge in [-0.1, -0.05) is 32.6 Å². The van der Waals surface area contributed by atoms with Crippen molar-refractivity contribution in [2.45, 2.75) is 45.4 Å². The Labute approximate surface area is 102 Å². The fourth-order valence-corrected chi connectivity index (χ4v) is 1.37. The predicted octanol–water partition coefficient (Wildman–Crippen LogP) is 0.675. The molecule has 15 heavy (non-hydrogen) atoms. The Bertz CT molecular complexity index is 116. The summed E-state index contributed by atoms with van der Waals surface area (Å²) in [5, 5.41) is 0. The first-order valence-corrected chi connectivity index (χ1v) is 6.97. The van der Waals surface area contributed by atoms with Gasteiger partial charge >= 0.3 is 0 Å². The highest BCUT2D eigenvalue weighted by molar-refractivity contribution is 4.42. The topological polar surface area (TPSA) is 46.1 Å². The fraction of sp³-hybridized carbons (Fsp3) is 1.00. The first-order valence-electron chi connectivity index (χ1n) is 5.67. The third kappa shape index (κ3) is 25.0. The summed E-state index contributed by atoms with van der Waals surface area (Å²) in [6.07, 6.45) is 8.48. The number of rotatable bonds is 7. The molecular formula is C11H26BrNO2. The molecule has 0 aliphatic carbocycles. The van der Waals surface area contributed by atoms with Crippen molar-refractivity contribution in [1.29, 1.82) is 0 Å². The maximum Gasteiger partial charge on any atom is 0.170 e. The van der Waals surface area contributed by atoms with Crippen LogP contribution in [0.3, 0.4) is 0 Å². The molecule has 0 bridgehead atoms. The molecule has 0 aromatic rings. The van der Waals surface area contributed by atoms with E-state index in [9.17, 15) is 0 Å². The molecule has 0 aliphatic rings. The Hall–Kier alpha value is 0.360. The van der Waals surface area contributed by atoms with Gasteiger partial charge in [0.1, 0.15) is 0 Å². The van der Waals surface area contributed by atoms with Crippen molar-refractivity contribution >= 4 is 0 Å². The molecule has 4 heteroatoms. The zero-order valence-electron chi connectivity index (χ0n) is 10.6. The Morgan fingerprint density at radius 3 is 1.67 bits per heavy atom. The van der Waals surface area contributed by atoms with E-state index < -0.39 is 15.5 Å². The number of unbranched alkanes of at least 4 members (excludes halogenated alkanes) is 5. The SMILES string of the molecule is CCCCCCCC[N+](C)(C)C.[O-][Br+][O-]. The van der Waals surface area contributed by atoms with Crippen LogP contribution >= 0.6 is 0 Å². The van der Waals surface area contributed by atoms with Crippen molar-refractivity contribution in [2.75, 3.05) is 27.7 Å². The van der Waals surface area contributed by atoms with Crippen LogP contribution in [0.1, 0.15) is 45.4 Å². The number of nitrogens with zero attached hydrogens (tertiary/aromatic N) is 1. The van der Waals surface area contributed by atoms with Gasteiger partial charge in [0.25, 0.3) is 0 Å². The molecule has 0 aliphatic heterocycles. The van der Waals surface area contributed by atoms with E-state index in [2.05, 4.69) is 28.1 Å². The minimum atomic E-state index is -1.44. The summed E-state index contributed by atoms with van der Waals surface area (Å²) in [7, 11) is 6.81. The van der Waals surface area contributed by atoms with Crippen molar-refractivity contribution in [2.24, 2.45) is 0 Å². The van der Waals surface area contributed by atoms with Gasteiger partial charge in [-0.05, 0) is 12.8 Å². The van der Waals surface area contributed by atoms with Gasteiger partial charge in [-0.2, -0.15) is 0 Å². The average Bonchev–Trinajstić information content (AvgIpc) is 2.11. The number of quaternary nitrogens is 1. The standard InChI is InChI=1S/C11H26N.BrO2/c1-5-6-7-8-9-10-11-12(2,3)4;2-1-3/h5-11H2,1-4H3;/q+1;-1. The van der Waals surface area contributed by atoms with Crippen LogP contribution in [0.4, 0.5) is 0 Å². The normalized spacial score (nSPS) is 10.8. The maximum absolute atomic E-state index is 8.41. The van der Waals surface area contributed by atoms with Gasteiger partial charge in [0, 0.05) is 0 Å². The minimum absolute atomic E-state index is 1.12. The molecule has 0 radical (unpaired) electrons. The molecule has 0 spiro atoms. The van der Waals surface area contributed by atoms with Gasteiger partial charge < -0.3 is 12.9 Å². The van der Waals surface area contributed by atoms with Gasteiger partial charge in [0.05, 0.1) is 27.7 Å². The first kappa shape index (κ1) is 17.7. The summed E-state index contributed by atoms with van der Waals surface area (Å²) < 4.78 is 17.9. The van der Waals surface area contributed by atoms with E-state index in [1.165, 1.54) is 45.1 Å². The zero-order valence-corrected chi connectivity index (χ0v) is 12.2. The van der Waals surface area contributed by atoms with E-state index in [4.69, 9.17) is 8.40 Å². The molecule has 0 fully saturated rings. The second kappa shape index (κ2) is 12.4. The third-order valence-electron chi connectivity index (χ3n) is 2.18. The van der Waals surface area contributed by atoms with E-state index >= 15 is 0 Å². The molecule has 0 N–H and O–H groups in total. The largest absolute Gasteiger partial charge is 0.585 e. The highest BCUT2D eigenvalue weighted by Crippen LogP contribution is 2.06. The number of halogens is 1. The molecule has 0 rings (SSSR count). The third-order valence-corrected chi connectivity index (χ3v) is 2.18. The van der Waals surface area contributed by atoms with Gasteiger partial charge in [-0.3, -0.25) is 0 Å². The molecule has 0 atom stereocenters. The number of hydrogen-bond donors (Lipinski definition) is 0. The van der Waals surface area contributed by atoms with Crippen molar-refractivity contribution in [3.8, 4) is 0 Å². The molecule has 0 saturated carbocycles. The lowest BCUT2D eigenvalue weighted by Gasteiger charge is -2.23. The Balaban J connectivity index is 0. The minimum Gasteiger partial charge on any atom is -0.585 e. The second-order valence-corrected chi connectivity index (χ2v) is 5.11. The van der Waals surface area contributed by atoms with Crippen LogP contribution in [-0.2, 0) is 0 Å². The van der Waals surface area contributed by atoms with Crippen LogP contribution in [-0.4, -0.2) is 32.2 Å². The monoisotopic (exact) mass is 283 g/mol. The van der Waals surface area contributed by atoms with Crippen LogP contribution < -0.4 is 8.40 Å². The van der Waals surface area contributed by atoms with E-state index in [-0.39, 0.29) is 0 Å². The van der Waals surface area contributed by atoms with Crippen molar-refractivity contribution in [3.05, 3.63) is 0 Å². The van der Waals surface area contributed by atoms with Crippen molar-refractivity contribution in [1.82, 2.24) is 0 Å². The van der Waals surface area contributed by atoms with Crippen LogP contribution in [0.2, 0.25) is 0 Å². The smallest absolute Gasteiger partial charge is 0.170 e.